The van der Waals surface area contributed by atoms with E-state index in [4.69, 9.17) is 10.2 Å². The Bertz CT molecular complexity index is 367. The molecule has 2 N–H and O–H groups in total. The van der Waals surface area contributed by atoms with Crippen LogP contribution in [0.5, 0.6) is 0 Å². The van der Waals surface area contributed by atoms with E-state index in [1.165, 1.54) is 0 Å². The van der Waals surface area contributed by atoms with E-state index in [2.05, 4.69) is 0 Å². The second-order valence-electron chi connectivity index (χ2n) is 4.03. The summed E-state index contributed by atoms with van der Waals surface area (Å²) in [6, 6.07) is 0. The van der Waals surface area contributed by atoms with Crippen molar-refractivity contribution in [2.75, 3.05) is 0 Å². The van der Waals surface area contributed by atoms with Crippen molar-refractivity contribution in [2.24, 2.45) is 5.92 Å². The van der Waals surface area contributed by atoms with Crippen LogP contribution in [0.15, 0.2) is 11.1 Å². The Hall–Kier alpha value is -1.65. The zero-order chi connectivity index (χ0) is 12.3. The van der Waals surface area contributed by atoms with Crippen LogP contribution in [0.4, 0.5) is 0 Å². The second-order valence-corrected chi connectivity index (χ2v) is 4.03. The van der Waals surface area contributed by atoms with Gasteiger partial charge in [-0.1, -0.05) is 5.57 Å². The molecule has 0 bridgehead atoms. The van der Waals surface area contributed by atoms with Crippen molar-refractivity contribution in [1.29, 1.82) is 0 Å². The summed E-state index contributed by atoms with van der Waals surface area (Å²) in [6.45, 7) is 1.73. The fourth-order valence-corrected chi connectivity index (χ4v) is 1.92. The number of rotatable bonds is 4. The van der Waals surface area contributed by atoms with Gasteiger partial charge in [0.15, 0.2) is 5.78 Å². The van der Waals surface area contributed by atoms with Gasteiger partial charge in [0.05, 0.1) is 12.8 Å². The number of carboxylic acid groups (broad SMARTS) is 2. The van der Waals surface area contributed by atoms with Crippen LogP contribution in [0.1, 0.15) is 32.6 Å². The SMILES string of the molecule is CC1=C(CC(=O)O)C(=O)C(CC(=O)O)CC1. The Morgan fingerprint density at radius 3 is 2.44 bits per heavy atom. The highest BCUT2D eigenvalue weighted by molar-refractivity contribution is 6.02. The van der Waals surface area contributed by atoms with E-state index in [0.29, 0.717) is 12.8 Å². The molecule has 16 heavy (non-hydrogen) atoms. The summed E-state index contributed by atoms with van der Waals surface area (Å²) in [5.74, 6) is -2.95. The fourth-order valence-electron chi connectivity index (χ4n) is 1.92. The highest BCUT2D eigenvalue weighted by Crippen LogP contribution is 2.30. The number of hydrogen-bond donors (Lipinski definition) is 2. The van der Waals surface area contributed by atoms with Gasteiger partial charge in [-0.25, -0.2) is 0 Å². The monoisotopic (exact) mass is 226 g/mol. The Kier molecular flexibility index (Phi) is 3.82. The van der Waals surface area contributed by atoms with Crippen LogP contribution in [0.2, 0.25) is 0 Å². The lowest BCUT2D eigenvalue weighted by molar-refractivity contribution is -0.140. The third-order valence-electron chi connectivity index (χ3n) is 2.80. The molecule has 0 spiro atoms. The molecule has 88 valence electrons. The summed E-state index contributed by atoms with van der Waals surface area (Å²) in [7, 11) is 0. The van der Waals surface area contributed by atoms with Gasteiger partial charge in [0, 0.05) is 11.5 Å². The van der Waals surface area contributed by atoms with Crippen molar-refractivity contribution >= 4 is 17.7 Å². The molecule has 0 fully saturated rings. The maximum atomic E-state index is 11.8. The summed E-state index contributed by atoms with van der Waals surface area (Å²) >= 11 is 0. The minimum atomic E-state index is -1.06. The minimum Gasteiger partial charge on any atom is -0.481 e. The molecule has 1 atom stereocenters. The number of hydrogen-bond acceptors (Lipinski definition) is 3. The van der Waals surface area contributed by atoms with Crippen LogP contribution in [0.25, 0.3) is 0 Å². The summed E-state index contributed by atoms with van der Waals surface area (Å²) in [5.41, 5.74) is 1.05. The predicted octanol–water partition coefficient (Wildman–Crippen LogP) is 1.23. The van der Waals surface area contributed by atoms with Crippen molar-refractivity contribution in [3.8, 4) is 0 Å². The van der Waals surface area contributed by atoms with Crippen LogP contribution >= 0.6 is 0 Å². The largest absolute Gasteiger partial charge is 0.481 e. The van der Waals surface area contributed by atoms with E-state index in [1.807, 2.05) is 0 Å². The molecule has 5 heteroatoms. The summed E-state index contributed by atoms with van der Waals surface area (Å²) < 4.78 is 0. The number of Topliss-reactive ketones (excluding diaryl/α,β-unsaturated/α-hetero) is 1. The van der Waals surface area contributed by atoms with E-state index in [1.54, 1.807) is 6.92 Å². The molecular weight excluding hydrogens is 212 g/mol. The highest BCUT2D eigenvalue weighted by atomic mass is 16.4. The summed E-state index contributed by atoms with van der Waals surface area (Å²) in [6.07, 6.45) is 0.586. The molecule has 0 amide bonds. The molecular formula is C11H14O5. The lowest BCUT2D eigenvalue weighted by Crippen LogP contribution is -2.26. The number of carbonyl (C=O) groups is 3. The maximum Gasteiger partial charge on any atom is 0.307 e. The zero-order valence-corrected chi connectivity index (χ0v) is 9.02. The Balaban J connectivity index is 2.84. The first-order valence-corrected chi connectivity index (χ1v) is 5.08. The molecule has 0 aromatic rings. The van der Waals surface area contributed by atoms with Gasteiger partial charge in [-0.2, -0.15) is 0 Å². The lowest BCUT2D eigenvalue weighted by atomic mass is 9.80. The fraction of sp³-hybridized carbons (Fsp3) is 0.545. The average Bonchev–Trinajstić information content (AvgIpc) is 2.16. The van der Waals surface area contributed by atoms with Crippen molar-refractivity contribution in [1.82, 2.24) is 0 Å². The Labute approximate surface area is 92.8 Å². The van der Waals surface area contributed by atoms with Gasteiger partial charge in [-0.05, 0) is 19.8 Å². The second kappa shape index (κ2) is 4.92. The van der Waals surface area contributed by atoms with Crippen molar-refractivity contribution in [3.05, 3.63) is 11.1 Å². The quantitative estimate of drug-likeness (QED) is 0.752. The summed E-state index contributed by atoms with van der Waals surface area (Å²) in [5, 5.41) is 17.3. The molecule has 0 saturated heterocycles. The van der Waals surface area contributed by atoms with Crippen LogP contribution in [0, 0.1) is 5.92 Å². The molecule has 0 heterocycles. The molecule has 5 nitrogen and oxygen atoms in total. The number of ketones is 1. The van der Waals surface area contributed by atoms with E-state index in [-0.39, 0.29) is 24.2 Å². The molecule has 1 aliphatic rings. The van der Waals surface area contributed by atoms with Gasteiger partial charge >= 0.3 is 11.9 Å². The topological polar surface area (TPSA) is 91.7 Å². The number of carboxylic acids is 2. The van der Waals surface area contributed by atoms with Crippen molar-refractivity contribution in [2.45, 2.75) is 32.6 Å². The van der Waals surface area contributed by atoms with Gasteiger partial charge in [0.1, 0.15) is 0 Å². The predicted molar refractivity (Wildman–Crippen MR) is 54.9 cm³/mol. The third kappa shape index (κ3) is 2.92. The smallest absolute Gasteiger partial charge is 0.307 e. The molecule has 1 rings (SSSR count). The Morgan fingerprint density at radius 1 is 1.31 bits per heavy atom. The van der Waals surface area contributed by atoms with Gasteiger partial charge in [0.25, 0.3) is 0 Å². The molecule has 1 unspecified atom stereocenters. The molecule has 0 aliphatic heterocycles. The number of carbonyl (C=O) groups excluding carboxylic acids is 1. The van der Waals surface area contributed by atoms with Crippen LogP contribution in [-0.4, -0.2) is 27.9 Å². The average molecular weight is 226 g/mol. The first-order chi connectivity index (χ1) is 7.41. The molecule has 0 aromatic heterocycles. The Morgan fingerprint density at radius 2 is 1.94 bits per heavy atom. The zero-order valence-electron chi connectivity index (χ0n) is 9.02. The first kappa shape index (κ1) is 12.4. The van der Waals surface area contributed by atoms with Crippen molar-refractivity contribution in [3.63, 3.8) is 0 Å². The van der Waals surface area contributed by atoms with E-state index >= 15 is 0 Å². The molecule has 1 aliphatic carbocycles. The number of allylic oxidation sites excluding steroid dienone is 1. The lowest BCUT2D eigenvalue weighted by Gasteiger charge is -2.22. The molecule has 0 radical (unpaired) electrons. The standard InChI is InChI=1S/C11H14O5/c1-6-2-3-7(4-9(12)13)11(16)8(6)5-10(14)15/h7H,2-5H2,1H3,(H,12,13)(H,14,15). The van der Waals surface area contributed by atoms with Crippen molar-refractivity contribution < 1.29 is 24.6 Å². The summed E-state index contributed by atoms with van der Waals surface area (Å²) in [4.78, 5) is 32.9. The molecule has 0 aromatic carbocycles. The maximum absolute atomic E-state index is 11.8. The van der Waals surface area contributed by atoms with Gasteiger partial charge < -0.3 is 10.2 Å². The highest BCUT2D eigenvalue weighted by Gasteiger charge is 2.30. The van der Waals surface area contributed by atoms with Gasteiger partial charge in [-0.15, -0.1) is 0 Å². The van der Waals surface area contributed by atoms with E-state index < -0.39 is 17.9 Å². The van der Waals surface area contributed by atoms with E-state index in [9.17, 15) is 14.4 Å². The normalized spacial score (nSPS) is 21.1. The van der Waals surface area contributed by atoms with Gasteiger partial charge in [0.2, 0.25) is 0 Å². The molecule has 0 saturated carbocycles. The first-order valence-electron chi connectivity index (χ1n) is 5.08. The van der Waals surface area contributed by atoms with Gasteiger partial charge in [-0.3, -0.25) is 14.4 Å². The minimum absolute atomic E-state index is 0.213. The van der Waals surface area contributed by atoms with E-state index in [0.717, 1.165) is 5.57 Å². The third-order valence-corrected chi connectivity index (χ3v) is 2.80. The number of aliphatic carboxylic acids is 2. The van der Waals surface area contributed by atoms with Crippen LogP contribution < -0.4 is 0 Å². The van der Waals surface area contributed by atoms with Crippen LogP contribution in [0.3, 0.4) is 0 Å². The van der Waals surface area contributed by atoms with Crippen LogP contribution in [-0.2, 0) is 14.4 Å².